The van der Waals surface area contributed by atoms with Crippen LogP contribution in [0.2, 0.25) is 0 Å². The number of hydrogen-bond donors (Lipinski definition) is 1. The molecule has 0 spiro atoms. The molecule has 0 aliphatic carbocycles. The second-order valence-corrected chi connectivity index (χ2v) is 12.1. The van der Waals surface area contributed by atoms with Crippen LogP contribution in [-0.4, -0.2) is 81.2 Å². The summed E-state index contributed by atoms with van der Waals surface area (Å²) in [6, 6.07) is 0. The van der Waals surface area contributed by atoms with E-state index in [2.05, 4.69) is 13.0 Å². The van der Waals surface area contributed by atoms with Gasteiger partial charge in [-0.1, -0.05) is 68.4 Å². The van der Waals surface area contributed by atoms with Gasteiger partial charge in [-0.15, -0.1) is 0 Å². The summed E-state index contributed by atoms with van der Waals surface area (Å²) >= 11 is 0. The highest BCUT2D eigenvalue weighted by molar-refractivity contribution is 7.45. The Morgan fingerprint density at radius 2 is 1.66 bits per heavy atom. The van der Waals surface area contributed by atoms with Gasteiger partial charge in [-0.2, -0.15) is 0 Å². The van der Waals surface area contributed by atoms with Crippen LogP contribution < -0.4 is 4.89 Å². The number of phosphoric ester groups is 1. The molecule has 0 fully saturated rings. The van der Waals surface area contributed by atoms with Crippen LogP contribution in [0.15, 0.2) is 48.6 Å². The maximum Gasteiger partial charge on any atom is 0.306 e. The molecule has 0 heterocycles. The lowest BCUT2D eigenvalue weighted by Gasteiger charge is -2.28. The predicted octanol–water partition coefficient (Wildman–Crippen LogP) is 4.79. The molecule has 0 saturated heterocycles. The number of likely N-dealkylation sites (N-methyl/N-ethyl adjacent to an activating group) is 1. The number of hydrogen-bond acceptors (Lipinski definition) is 9. The van der Waals surface area contributed by atoms with E-state index in [9.17, 15) is 24.2 Å². The zero-order valence-electron chi connectivity index (χ0n) is 25.6. The van der Waals surface area contributed by atoms with Gasteiger partial charge in [-0.3, -0.25) is 14.2 Å². The van der Waals surface area contributed by atoms with Crippen molar-refractivity contribution in [2.45, 2.75) is 83.8 Å². The topological polar surface area (TPSA) is 131 Å². The molecule has 236 valence electrons. The lowest BCUT2D eigenvalue weighted by molar-refractivity contribution is -0.870. The number of quaternary nitrogens is 1. The third-order valence-corrected chi connectivity index (χ3v) is 6.45. The maximum atomic E-state index is 12.2. The van der Waals surface area contributed by atoms with E-state index in [-0.39, 0.29) is 19.6 Å². The van der Waals surface area contributed by atoms with Crippen molar-refractivity contribution < 1.29 is 47.2 Å². The Kier molecular flexibility index (Phi) is 22.3. The van der Waals surface area contributed by atoms with Gasteiger partial charge < -0.3 is 33.0 Å². The van der Waals surface area contributed by atoms with Gasteiger partial charge in [-0.25, -0.2) is 0 Å². The Morgan fingerprint density at radius 1 is 0.951 bits per heavy atom. The summed E-state index contributed by atoms with van der Waals surface area (Å²) in [7, 11) is 1.07. The summed E-state index contributed by atoms with van der Waals surface area (Å²) in [6.07, 6.45) is 21.3. The van der Waals surface area contributed by atoms with Crippen LogP contribution in [0, 0.1) is 0 Å². The van der Waals surface area contributed by atoms with Gasteiger partial charge in [0.2, 0.25) is 0 Å². The lowest BCUT2D eigenvalue weighted by atomic mass is 10.2. The number of carbonyl (C=O) groups is 2. The second kappa shape index (κ2) is 23.5. The van der Waals surface area contributed by atoms with Crippen molar-refractivity contribution in [3.63, 3.8) is 0 Å². The minimum Gasteiger partial charge on any atom is -0.756 e. The van der Waals surface area contributed by atoms with Gasteiger partial charge in [0.05, 0.1) is 33.9 Å². The van der Waals surface area contributed by atoms with Crippen molar-refractivity contribution in [2.24, 2.45) is 0 Å². The number of nitrogens with zero attached hydrogens (tertiary/aromatic N) is 1. The molecule has 41 heavy (non-hydrogen) atoms. The standard InChI is InChI=1S/C30H52NO9P/c1-6-7-8-9-11-14-17-20-28(33)21-18-15-12-10-13-16-19-22-30(34)40-29(25-37-27(2)32)26-39-41(35,36)38-24-23-31(3,4)5/h10-11,13-15,17-18,20,28-29,33H,6-9,12,16,19,21-26H2,1-5H3/b13-10+,14-11-,18-15-,20-17-/t28-,29+/m0/s1. The Bertz CT molecular complexity index is 878. The summed E-state index contributed by atoms with van der Waals surface area (Å²) in [6.45, 7) is 2.92. The number of ether oxygens (including phenoxy) is 2. The van der Waals surface area contributed by atoms with Crippen molar-refractivity contribution in [1.29, 1.82) is 0 Å². The highest BCUT2D eigenvalue weighted by atomic mass is 31.2. The number of allylic oxidation sites excluding steroid dienone is 6. The molecular formula is C30H52NO9P. The van der Waals surface area contributed by atoms with Crippen molar-refractivity contribution >= 4 is 19.8 Å². The third kappa shape index (κ3) is 27.9. The third-order valence-electron chi connectivity index (χ3n) is 5.49. The van der Waals surface area contributed by atoms with Crippen molar-refractivity contribution in [3.8, 4) is 0 Å². The molecule has 0 saturated carbocycles. The lowest BCUT2D eigenvalue weighted by Crippen LogP contribution is -2.37. The Balaban J connectivity index is 4.29. The molecule has 10 nitrogen and oxygen atoms in total. The van der Waals surface area contributed by atoms with E-state index in [0.29, 0.717) is 36.7 Å². The summed E-state index contributed by atoms with van der Waals surface area (Å²) in [5, 5.41) is 9.97. The van der Waals surface area contributed by atoms with E-state index in [0.717, 1.165) is 6.42 Å². The van der Waals surface area contributed by atoms with Gasteiger partial charge in [-0.05, 0) is 38.5 Å². The maximum absolute atomic E-state index is 12.2. The molecule has 0 radical (unpaired) electrons. The molecule has 0 rings (SSSR count). The normalized spacial score (nSPS) is 15.6. The van der Waals surface area contributed by atoms with Gasteiger partial charge >= 0.3 is 11.9 Å². The summed E-state index contributed by atoms with van der Waals surface area (Å²) in [4.78, 5) is 35.4. The highest BCUT2D eigenvalue weighted by Gasteiger charge is 2.21. The van der Waals surface area contributed by atoms with E-state index >= 15 is 0 Å². The number of rotatable bonds is 24. The first kappa shape index (κ1) is 38.9. The van der Waals surface area contributed by atoms with Gasteiger partial charge in [0.15, 0.2) is 6.10 Å². The van der Waals surface area contributed by atoms with Crippen LogP contribution in [0.5, 0.6) is 0 Å². The molecule has 0 aromatic rings. The number of unbranched alkanes of at least 4 members (excludes halogenated alkanes) is 4. The molecular weight excluding hydrogens is 549 g/mol. The highest BCUT2D eigenvalue weighted by Crippen LogP contribution is 2.38. The quantitative estimate of drug-likeness (QED) is 0.0414. The zero-order chi connectivity index (χ0) is 31.0. The number of aliphatic hydroxyl groups excluding tert-OH is 1. The second-order valence-electron chi connectivity index (χ2n) is 10.7. The van der Waals surface area contributed by atoms with Gasteiger partial charge in [0.25, 0.3) is 7.82 Å². The number of esters is 2. The van der Waals surface area contributed by atoms with Crippen LogP contribution >= 0.6 is 7.82 Å². The van der Waals surface area contributed by atoms with Crippen LogP contribution in [0.4, 0.5) is 0 Å². The number of phosphoric acid groups is 1. The molecule has 0 aromatic heterocycles. The molecule has 0 aliphatic heterocycles. The fraction of sp³-hybridized carbons (Fsp3) is 0.667. The van der Waals surface area contributed by atoms with E-state index in [4.69, 9.17) is 18.5 Å². The van der Waals surface area contributed by atoms with Crippen molar-refractivity contribution in [1.82, 2.24) is 0 Å². The zero-order valence-corrected chi connectivity index (χ0v) is 26.5. The van der Waals surface area contributed by atoms with Crippen molar-refractivity contribution in [3.05, 3.63) is 48.6 Å². The van der Waals surface area contributed by atoms with E-state index < -0.39 is 38.6 Å². The van der Waals surface area contributed by atoms with Crippen molar-refractivity contribution in [2.75, 3.05) is 47.5 Å². The van der Waals surface area contributed by atoms with Crippen LogP contribution in [0.1, 0.15) is 71.6 Å². The van der Waals surface area contributed by atoms with Crippen LogP contribution in [0.25, 0.3) is 0 Å². The molecule has 0 aromatic carbocycles. The molecule has 1 unspecified atom stereocenters. The summed E-state index contributed by atoms with van der Waals surface area (Å²) < 4.78 is 32.3. The number of aliphatic hydroxyl groups is 1. The fourth-order valence-electron chi connectivity index (χ4n) is 3.16. The first-order valence-corrected chi connectivity index (χ1v) is 15.9. The predicted molar refractivity (Wildman–Crippen MR) is 159 cm³/mol. The van der Waals surface area contributed by atoms with E-state index in [1.807, 2.05) is 57.6 Å². The molecule has 1 N–H and O–H groups in total. The Labute approximate surface area is 246 Å². The van der Waals surface area contributed by atoms with Gasteiger partial charge in [0.1, 0.15) is 19.8 Å². The van der Waals surface area contributed by atoms with Crippen LogP contribution in [0.3, 0.4) is 0 Å². The smallest absolute Gasteiger partial charge is 0.306 e. The molecule has 0 bridgehead atoms. The summed E-state index contributed by atoms with van der Waals surface area (Å²) in [5.41, 5.74) is 0. The number of carbonyl (C=O) groups excluding carboxylic acids is 2. The average molecular weight is 602 g/mol. The largest absolute Gasteiger partial charge is 0.756 e. The monoisotopic (exact) mass is 601 g/mol. The molecule has 0 aliphatic rings. The summed E-state index contributed by atoms with van der Waals surface area (Å²) in [5.74, 6) is -1.14. The fourth-order valence-corrected chi connectivity index (χ4v) is 3.88. The minimum absolute atomic E-state index is 0.0571. The SMILES string of the molecule is CCCCC/C=C\C=C/[C@H](O)C/C=C\C/C=C/CCCC(=O)O[C@H](COC(C)=O)COP(=O)([O-])OCC[N+](C)(C)C. The van der Waals surface area contributed by atoms with E-state index in [1.54, 1.807) is 6.08 Å². The first-order valence-electron chi connectivity index (χ1n) is 14.4. The Morgan fingerprint density at radius 3 is 2.34 bits per heavy atom. The Hall–Kier alpha value is -2.07. The minimum atomic E-state index is -4.61. The molecule has 0 amide bonds. The van der Waals surface area contributed by atoms with Crippen LogP contribution in [-0.2, 0) is 32.7 Å². The van der Waals surface area contributed by atoms with Gasteiger partial charge in [0, 0.05) is 13.3 Å². The average Bonchev–Trinajstić information content (AvgIpc) is 2.87. The molecule has 3 atom stereocenters. The molecule has 11 heteroatoms. The van der Waals surface area contributed by atoms with E-state index in [1.165, 1.54) is 26.2 Å². The first-order chi connectivity index (χ1) is 19.3.